The molecule has 0 bridgehead atoms. The maximum Gasteiger partial charge on any atom is 0.311 e. The monoisotopic (exact) mass is 458 g/mol. The molecule has 0 aliphatic rings. The molecule has 10 nitrogen and oxygen atoms in total. The largest absolute Gasteiger partial charge is 0.378 e. The van der Waals surface area contributed by atoms with E-state index in [4.69, 9.17) is 5.73 Å². The molecule has 0 fully saturated rings. The summed E-state index contributed by atoms with van der Waals surface area (Å²) >= 11 is 0. The first kappa shape index (κ1) is 23.1. The average Bonchev–Trinajstić information content (AvgIpc) is 3.11. The zero-order valence-corrected chi connectivity index (χ0v) is 18.7. The molecule has 2 aromatic heterocycles. The summed E-state index contributed by atoms with van der Waals surface area (Å²) in [4.78, 5) is 14.2. The second-order valence-corrected chi connectivity index (χ2v) is 9.13. The van der Waals surface area contributed by atoms with Crippen molar-refractivity contribution in [1.29, 1.82) is 0 Å². The van der Waals surface area contributed by atoms with Crippen molar-refractivity contribution in [2.45, 2.75) is 26.3 Å². The third-order valence-electron chi connectivity index (χ3n) is 4.85. The highest BCUT2D eigenvalue weighted by molar-refractivity contribution is 7.92. The van der Waals surface area contributed by atoms with E-state index in [-0.39, 0.29) is 11.5 Å². The summed E-state index contributed by atoms with van der Waals surface area (Å²) in [5.74, 6) is 0.317. The van der Waals surface area contributed by atoms with Gasteiger partial charge in [0.2, 0.25) is 15.8 Å². The topological polar surface area (TPSA) is 145 Å². The maximum atomic E-state index is 11.8. The summed E-state index contributed by atoms with van der Waals surface area (Å²) in [6.07, 6.45) is 6.45. The number of aryl methyl sites for hydroxylation is 2. The number of hydrogen-bond donors (Lipinski definition) is 3. The molecule has 0 spiro atoms. The van der Waals surface area contributed by atoms with Crippen LogP contribution in [0.3, 0.4) is 0 Å². The number of anilines is 3. The molecule has 0 saturated carbocycles. The summed E-state index contributed by atoms with van der Waals surface area (Å²) < 4.78 is 28.1. The van der Waals surface area contributed by atoms with Crippen molar-refractivity contribution < 1.29 is 13.3 Å². The number of nitrogen functional groups attached to an aromatic ring is 1. The van der Waals surface area contributed by atoms with Crippen LogP contribution in [0.15, 0.2) is 48.8 Å². The van der Waals surface area contributed by atoms with Crippen LogP contribution in [0.4, 0.5) is 23.0 Å². The first-order valence-electron chi connectivity index (χ1n) is 10.1. The zero-order chi connectivity index (χ0) is 23.3. The van der Waals surface area contributed by atoms with E-state index in [2.05, 4.69) is 21.9 Å². The van der Waals surface area contributed by atoms with E-state index in [9.17, 15) is 18.5 Å². The van der Waals surface area contributed by atoms with Gasteiger partial charge >= 0.3 is 5.69 Å². The Bertz CT molecular complexity index is 1210. The predicted octanol–water partition coefficient (Wildman–Crippen LogP) is 3.48. The summed E-state index contributed by atoms with van der Waals surface area (Å²) in [5.41, 5.74) is 8.84. The van der Waals surface area contributed by atoms with E-state index in [1.807, 2.05) is 35.0 Å². The van der Waals surface area contributed by atoms with Crippen molar-refractivity contribution in [2.75, 3.05) is 28.6 Å². The highest BCUT2D eigenvalue weighted by Crippen LogP contribution is 2.30. The molecule has 4 N–H and O–H groups in total. The Kier molecular flexibility index (Phi) is 6.98. The van der Waals surface area contributed by atoms with Crippen LogP contribution < -0.4 is 15.8 Å². The van der Waals surface area contributed by atoms with Crippen molar-refractivity contribution >= 4 is 33.0 Å². The molecule has 0 unspecified atom stereocenters. The Hall–Kier alpha value is -3.60. The fourth-order valence-corrected chi connectivity index (χ4v) is 3.83. The van der Waals surface area contributed by atoms with Crippen molar-refractivity contribution in [2.24, 2.45) is 0 Å². The molecule has 0 atom stereocenters. The molecule has 0 amide bonds. The molecule has 0 aliphatic carbocycles. The van der Waals surface area contributed by atoms with Gasteiger partial charge in [0, 0.05) is 37.1 Å². The van der Waals surface area contributed by atoms with E-state index >= 15 is 0 Å². The lowest BCUT2D eigenvalue weighted by Crippen LogP contribution is -2.10. The first-order chi connectivity index (χ1) is 15.2. The van der Waals surface area contributed by atoms with Gasteiger partial charge < -0.3 is 15.6 Å². The fraction of sp³-hybridized carbons (Fsp3) is 0.286. The Morgan fingerprint density at radius 1 is 1.16 bits per heavy atom. The number of rotatable bonds is 10. The maximum absolute atomic E-state index is 11.8. The van der Waals surface area contributed by atoms with Crippen LogP contribution in [0.5, 0.6) is 0 Å². The summed E-state index contributed by atoms with van der Waals surface area (Å²) in [5, 5.41) is 13.9. The van der Waals surface area contributed by atoms with Gasteiger partial charge in [0.1, 0.15) is 5.82 Å². The summed E-state index contributed by atoms with van der Waals surface area (Å²) in [6, 6.07) is 10.9. The quantitative estimate of drug-likeness (QED) is 0.239. The standard InChI is InChI=1S/C21H26N6O4S/c1-3-15-5-7-16(8-6-15)17-13-26(14-18(17)25-32(2,30)31)12-4-11-23-20-10-9-19(27(28)29)21(22)24-20/h5-10,13-14,25H,3-4,11-12H2,1-2H3,(H3,22,23,24). The van der Waals surface area contributed by atoms with Gasteiger partial charge in [0.15, 0.2) is 0 Å². The predicted molar refractivity (Wildman–Crippen MR) is 126 cm³/mol. The molecule has 11 heteroatoms. The highest BCUT2D eigenvalue weighted by Gasteiger charge is 2.14. The number of nitrogens with zero attached hydrogens (tertiary/aromatic N) is 3. The third kappa shape index (κ3) is 5.97. The number of pyridine rings is 1. The normalized spacial score (nSPS) is 11.3. The Balaban J connectivity index is 1.68. The Morgan fingerprint density at radius 3 is 2.47 bits per heavy atom. The van der Waals surface area contributed by atoms with Gasteiger partial charge in [-0.2, -0.15) is 0 Å². The second kappa shape index (κ2) is 9.69. The number of hydrogen-bond acceptors (Lipinski definition) is 7. The summed E-state index contributed by atoms with van der Waals surface area (Å²) in [7, 11) is -3.43. The molecule has 0 radical (unpaired) electrons. The molecule has 32 heavy (non-hydrogen) atoms. The molecule has 170 valence electrons. The second-order valence-electron chi connectivity index (χ2n) is 7.39. The van der Waals surface area contributed by atoms with Crippen LogP contribution in [-0.4, -0.2) is 35.7 Å². The van der Waals surface area contributed by atoms with Gasteiger partial charge in [-0.05, 0) is 30.0 Å². The minimum absolute atomic E-state index is 0.138. The van der Waals surface area contributed by atoms with Crippen LogP contribution in [0.25, 0.3) is 11.1 Å². The van der Waals surface area contributed by atoms with Gasteiger partial charge in [-0.3, -0.25) is 14.8 Å². The lowest BCUT2D eigenvalue weighted by molar-refractivity contribution is -0.384. The molecule has 1 aromatic carbocycles. The fourth-order valence-electron chi connectivity index (χ4n) is 3.27. The molecular formula is C21H26N6O4S. The molecule has 2 heterocycles. The highest BCUT2D eigenvalue weighted by atomic mass is 32.2. The van der Waals surface area contributed by atoms with Gasteiger partial charge in [0.05, 0.1) is 16.9 Å². The van der Waals surface area contributed by atoms with Crippen LogP contribution in [0.1, 0.15) is 18.9 Å². The van der Waals surface area contributed by atoms with Crippen LogP contribution >= 0.6 is 0 Å². The first-order valence-corrected chi connectivity index (χ1v) is 12.0. The van der Waals surface area contributed by atoms with Crippen molar-refractivity contribution in [3.05, 3.63) is 64.5 Å². The lowest BCUT2D eigenvalue weighted by Gasteiger charge is -2.07. The van der Waals surface area contributed by atoms with Crippen LogP contribution in [0, 0.1) is 10.1 Å². The van der Waals surface area contributed by atoms with E-state index in [0.29, 0.717) is 31.0 Å². The van der Waals surface area contributed by atoms with E-state index < -0.39 is 14.9 Å². The van der Waals surface area contributed by atoms with Gasteiger partial charge in [-0.25, -0.2) is 13.4 Å². The Morgan fingerprint density at radius 2 is 1.88 bits per heavy atom. The van der Waals surface area contributed by atoms with Crippen LogP contribution in [-0.2, 0) is 23.0 Å². The third-order valence-corrected chi connectivity index (χ3v) is 5.44. The number of nitro groups is 1. The molecule has 0 saturated heterocycles. The van der Waals surface area contributed by atoms with Gasteiger partial charge in [-0.1, -0.05) is 31.2 Å². The molecule has 3 aromatic rings. The summed E-state index contributed by atoms with van der Waals surface area (Å²) in [6.45, 7) is 3.26. The molecule has 3 rings (SSSR count). The van der Waals surface area contributed by atoms with Gasteiger partial charge in [0.25, 0.3) is 0 Å². The number of sulfonamides is 1. The average molecular weight is 459 g/mol. The van der Waals surface area contributed by atoms with E-state index in [1.165, 1.54) is 17.7 Å². The minimum atomic E-state index is -3.43. The van der Waals surface area contributed by atoms with Crippen molar-refractivity contribution in [3.8, 4) is 11.1 Å². The van der Waals surface area contributed by atoms with Crippen molar-refractivity contribution in [3.63, 3.8) is 0 Å². The number of nitrogens with one attached hydrogen (secondary N) is 2. The SMILES string of the molecule is CCc1ccc(-c2cn(CCCNc3ccc([N+](=O)[O-])c(N)n3)cc2NS(C)(=O)=O)cc1. The van der Waals surface area contributed by atoms with Crippen molar-refractivity contribution in [1.82, 2.24) is 9.55 Å². The number of benzene rings is 1. The molecule has 0 aliphatic heterocycles. The molecular weight excluding hydrogens is 432 g/mol. The van der Waals surface area contributed by atoms with E-state index in [1.54, 1.807) is 6.20 Å². The Labute approximate surface area is 186 Å². The zero-order valence-electron chi connectivity index (χ0n) is 17.9. The number of nitrogens with two attached hydrogens (primary N) is 1. The lowest BCUT2D eigenvalue weighted by atomic mass is 10.0. The minimum Gasteiger partial charge on any atom is -0.378 e. The van der Waals surface area contributed by atoms with Gasteiger partial charge in [-0.15, -0.1) is 0 Å². The smallest absolute Gasteiger partial charge is 0.311 e. The van der Waals surface area contributed by atoms with E-state index in [0.717, 1.165) is 23.8 Å². The van der Waals surface area contributed by atoms with Crippen LogP contribution in [0.2, 0.25) is 0 Å². The number of aromatic nitrogens is 2.